The lowest BCUT2D eigenvalue weighted by Crippen LogP contribution is -2.03. The molecule has 2 N–H and O–H groups in total. The predicted octanol–water partition coefficient (Wildman–Crippen LogP) is 4.09. The highest BCUT2D eigenvalue weighted by Crippen LogP contribution is 2.45. The Balaban J connectivity index is 2.10. The summed E-state index contributed by atoms with van der Waals surface area (Å²) in [6, 6.07) is 10.2. The third-order valence-corrected chi connectivity index (χ3v) is 4.33. The van der Waals surface area contributed by atoms with E-state index < -0.39 is 0 Å². The second-order valence-corrected chi connectivity index (χ2v) is 6.21. The highest BCUT2D eigenvalue weighted by atomic mass is 15.3. The monoisotopic (exact) mass is 269 g/mol. The topological polar surface area (TPSA) is 43.8 Å². The molecule has 2 aromatic rings. The van der Waals surface area contributed by atoms with Gasteiger partial charge in [-0.05, 0) is 36.8 Å². The fourth-order valence-corrected chi connectivity index (χ4v) is 2.97. The lowest BCUT2D eigenvalue weighted by Gasteiger charge is -2.12. The Morgan fingerprint density at radius 1 is 1.15 bits per heavy atom. The van der Waals surface area contributed by atoms with Gasteiger partial charge in [-0.15, -0.1) is 0 Å². The SMILES string of the molecule is CC(C)c1c(C(C)C2CC2)nn(-c2ccccc2)c1N. The number of nitrogens with two attached hydrogens (primary N) is 1. The molecule has 106 valence electrons. The molecule has 3 nitrogen and oxygen atoms in total. The molecule has 1 aliphatic carbocycles. The number of rotatable bonds is 4. The Labute approximate surface area is 120 Å². The molecule has 0 radical (unpaired) electrons. The van der Waals surface area contributed by atoms with Crippen LogP contribution in [-0.4, -0.2) is 9.78 Å². The van der Waals surface area contributed by atoms with E-state index in [-0.39, 0.29) is 0 Å². The van der Waals surface area contributed by atoms with Crippen LogP contribution in [0.3, 0.4) is 0 Å². The van der Waals surface area contributed by atoms with Crippen molar-refractivity contribution in [2.24, 2.45) is 5.92 Å². The van der Waals surface area contributed by atoms with Crippen molar-refractivity contribution < 1.29 is 0 Å². The first kappa shape index (κ1) is 13.2. The van der Waals surface area contributed by atoms with Crippen molar-refractivity contribution in [3.8, 4) is 5.69 Å². The van der Waals surface area contributed by atoms with Crippen molar-refractivity contribution >= 4 is 5.82 Å². The molecular formula is C17H23N3. The van der Waals surface area contributed by atoms with Crippen molar-refractivity contribution in [3.05, 3.63) is 41.6 Å². The van der Waals surface area contributed by atoms with Crippen LogP contribution < -0.4 is 5.73 Å². The van der Waals surface area contributed by atoms with Gasteiger partial charge in [-0.1, -0.05) is 39.0 Å². The van der Waals surface area contributed by atoms with E-state index in [1.165, 1.54) is 24.1 Å². The molecule has 1 saturated carbocycles. The molecule has 0 spiro atoms. The van der Waals surface area contributed by atoms with Crippen LogP contribution in [0.2, 0.25) is 0 Å². The van der Waals surface area contributed by atoms with Crippen molar-refractivity contribution in [1.29, 1.82) is 0 Å². The van der Waals surface area contributed by atoms with E-state index in [0.29, 0.717) is 11.8 Å². The first-order chi connectivity index (χ1) is 9.59. The van der Waals surface area contributed by atoms with Crippen LogP contribution in [0, 0.1) is 5.92 Å². The minimum atomic E-state index is 0.406. The number of benzene rings is 1. The van der Waals surface area contributed by atoms with Crippen LogP contribution >= 0.6 is 0 Å². The number of para-hydroxylation sites is 1. The van der Waals surface area contributed by atoms with Gasteiger partial charge in [0.05, 0.1) is 11.4 Å². The van der Waals surface area contributed by atoms with Crippen LogP contribution in [0.5, 0.6) is 0 Å². The molecule has 1 atom stereocenters. The Morgan fingerprint density at radius 2 is 1.80 bits per heavy atom. The molecule has 0 saturated heterocycles. The molecule has 3 heteroatoms. The summed E-state index contributed by atoms with van der Waals surface area (Å²) < 4.78 is 1.91. The Hall–Kier alpha value is -1.77. The lowest BCUT2D eigenvalue weighted by atomic mass is 9.93. The Kier molecular flexibility index (Phi) is 3.28. The molecule has 0 bridgehead atoms. The molecule has 1 fully saturated rings. The first-order valence-electron chi connectivity index (χ1n) is 7.53. The number of nitrogen functional groups attached to an aromatic ring is 1. The number of anilines is 1. The van der Waals surface area contributed by atoms with Gasteiger partial charge in [0.15, 0.2) is 0 Å². The highest BCUT2D eigenvalue weighted by Gasteiger charge is 2.33. The summed E-state index contributed by atoms with van der Waals surface area (Å²) >= 11 is 0. The molecule has 1 heterocycles. The van der Waals surface area contributed by atoms with E-state index in [2.05, 4.69) is 32.9 Å². The van der Waals surface area contributed by atoms with Crippen molar-refractivity contribution in [1.82, 2.24) is 9.78 Å². The molecule has 1 aromatic heterocycles. The average Bonchev–Trinajstić information content (AvgIpc) is 3.22. The zero-order valence-corrected chi connectivity index (χ0v) is 12.5. The van der Waals surface area contributed by atoms with Crippen LogP contribution in [0.4, 0.5) is 5.82 Å². The van der Waals surface area contributed by atoms with Gasteiger partial charge >= 0.3 is 0 Å². The van der Waals surface area contributed by atoms with Gasteiger partial charge in [-0.25, -0.2) is 4.68 Å². The first-order valence-corrected chi connectivity index (χ1v) is 7.53. The smallest absolute Gasteiger partial charge is 0.130 e. The van der Waals surface area contributed by atoms with Gasteiger partial charge in [0.2, 0.25) is 0 Å². The van der Waals surface area contributed by atoms with E-state index in [0.717, 1.165) is 17.4 Å². The fourth-order valence-electron chi connectivity index (χ4n) is 2.97. The summed E-state index contributed by atoms with van der Waals surface area (Å²) in [6.45, 7) is 6.69. The standard InChI is InChI=1S/C17H23N3/c1-11(2)15-16(12(3)13-9-10-13)19-20(17(15)18)14-7-5-4-6-8-14/h4-8,11-13H,9-10,18H2,1-3H3. The summed E-state index contributed by atoms with van der Waals surface area (Å²) in [4.78, 5) is 0. The van der Waals surface area contributed by atoms with Crippen LogP contribution in [0.1, 0.15) is 56.7 Å². The van der Waals surface area contributed by atoms with E-state index in [1.54, 1.807) is 0 Å². The van der Waals surface area contributed by atoms with Crippen LogP contribution in [0.25, 0.3) is 5.69 Å². The maximum absolute atomic E-state index is 6.40. The quantitative estimate of drug-likeness (QED) is 0.908. The van der Waals surface area contributed by atoms with Gasteiger partial charge < -0.3 is 5.73 Å². The van der Waals surface area contributed by atoms with Crippen LogP contribution in [0.15, 0.2) is 30.3 Å². The fraction of sp³-hybridized carbons (Fsp3) is 0.471. The van der Waals surface area contributed by atoms with Crippen molar-refractivity contribution in [3.63, 3.8) is 0 Å². The minimum absolute atomic E-state index is 0.406. The minimum Gasteiger partial charge on any atom is -0.383 e. The maximum Gasteiger partial charge on any atom is 0.130 e. The molecule has 1 unspecified atom stereocenters. The van der Waals surface area contributed by atoms with Crippen molar-refractivity contribution in [2.45, 2.75) is 45.4 Å². The number of aromatic nitrogens is 2. The molecule has 1 aromatic carbocycles. The largest absolute Gasteiger partial charge is 0.383 e. The highest BCUT2D eigenvalue weighted by molar-refractivity contribution is 5.52. The maximum atomic E-state index is 6.40. The van der Waals surface area contributed by atoms with Crippen molar-refractivity contribution in [2.75, 3.05) is 5.73 Å². The third kappa shape index (κ3) is 2.21. The van der Waals surface area contributed by atoms with Gasteiger partial charge in [-0.2, -0.15) is 5.10 Å². The second-order valence-electron chi connectivity index (χ2n) is 6.21. The summed E-state index contributed by atoms with van der Waals surface area (Å²) in [5.74, 6) is 2.52. The van der Waals surface area contributed by atoms with Gasteiger partial charge in [0, 0.05) is 11.5 Å². The summed E-state index contributed by atoms with van der Waals surface area (Å²) in [5.41, 5.74) is 9.87. The zero-order valence-electron chi connectivity index (χ0n) is 12.5. The lowest BCUT2D eigenvalue weighted by molar-refractivity contribution is 0.622. The van der Waals surface area contributed by atoms with E-state index >= 15 is 0 Å². The van der Waals surface area contributed by atoms with E-state index in [4.69, 9.17) is 10.8 Å². The molecule has 1 aliphatic rings. The molecule has 0 aliphatic heterocycles. The zero-order chi connectivity index (χ0) is 14.3. The summed E-state index contributed by atoms with van der Waals surface area (Å²) in [6.07, 6.45) is 2.66. The average molecular weight is 269 g/mol. The third-order valence-electron chi connectivity index (χ3n) is 4.33. The normalized spacial score (nSPS) is 16.6. The van der Waals surface area contributed by atoms with E-state index in [9.17, 15) is 0 Å². The van der Waals surface area contributed by atoms with Gasteiger partial charge in [0.25, 0.3) is 0 Å². The molecule has 3 rings (SSSR count). The summed E-state index contributed by atoms with van der Waals surface area (Å²) in [7, 11) is 0. The Bertz CT molecular complexity index is 594. The Morgan fingerprint density at radius 3 is 2.35 bits per heavy atom. The molecule has 0 amide bonds. The number of hydrogen-bond acceptors (Lipinski definition) is 2. The van der Waals surface area contributed by atoms with Crippen LogP contribution in [-0.2, 0) is 0 Å². The second kappa shape index (κ2) is 4.97. The van der Waals surface area contributed by atoms with Gasteiger partial charge in [-0.3, -0.25) is 0 Å². The molecular weight excluding hydrogens is 246 g/mol. The molecule has 20 heavy (non-hydrogen) atoms. The number of nitrogens with zero attached hydrogens (tertiary/aromatic N) is 2. The van der Waals surface area contributed by atoms with Gasteiger partial charge in [0.1, 0.15) is 5.82 Å². The number of hydrogen-bond donors (Lipinski definition) is 1. The van der Waals surface area contributed by atoms with E-state index in [1.807, 2.05) is 22.9 Å². The predicted molar refractivity (Wildman–Crippen MR) is 83.2 cm³/mol. The summed E-state index contributed by atoms with van der Waals surface area (Å²) in [5, 5.41) is 4.85.